The van der Waals surface area contributed by atoms with Gasteiger partial charge in [0.1, 0.15) is 0 Å². The average Bonchev–Trinajstić information content (AvgIpc) is 2.14. The zero-order valence-electron chi connectivity index (χ0n) is 8.62. The van der Waals surface area contributed by atoms with Crippen LogP contribution in [0.2, 0.25) is 0 Å². The first-order chi connectivity index (χ1) is 6.15. The highest BCUT2D eigenvalue weighted by atomic mass is 16.2. The van der Waals surface area contributed by atoms with Crippen molar-refractivity contribution in [3.63, 3.8) is 0 Å². The number of carbonyl (C=O) groups excluding carboxylic acids is 1. The van der Waals surface area contributed by atoms with Crippen molar-refractivity contribution in [3.8, 4) is 0 Å². The molecule has 76 valence electrons. The molecule has 0 aliphatic carbocycles. The van der Waals surface area contributed by atoms with Crippen molar-refractivity contribution in [3.05, 3.63) is 12.7 Å². The van der Waals surface area contributed by atoms with E-state index in [-0.39, 0.29) is 5.91 Å². The normalized spacial score (nSPS) is 12.2. The molecule has 0 saturated heterocycles. The van der Waals surface area contributed by atoms with Crippen LogP contribution in [0.4, 0.5) is 0 Å². The molecule has 0 bridgehead atoms. The Labute approximate surface area is 80.6 Å². The lowest BCUT2D eigenvalue weighted by Crippen LogP contribution is -2.30. The monoisotopic (exact) mass is 184 g/mol. The molecule has 0 aliphatic rings. The van der Waals surface area contributed by atoms with Gasteiger partial charge in [0.05, 0.1) is 0 Å². The molecule has 0 aliphatic heterocycles. The molecule has 1 atom stereocenters. The maximum atomic E-state index is 11.5. The molecule has 3 nitrogen and oxygen atoms in total. The number of likely N-dealkylation sites (N-methyl/N-ethyl adjacent to an activating group) is 1. The van der Waals surface area contributed by atoms with E-state index in [9.17, 15) is 4.79 Å². The molecule has 0 aromatic carbocycles. The van der Waals surface area contributed by atoms with Gasteiger partial charge in [0.15, 0.2) is 0 Å². The zero-order valence-corrected chi connectivity index (χ0v) is 8.62. The van der Waals surface area contributed by atoms with Crippen LogP contribution in [0.1, 0.15) is 19.8 Å². The van der Waals surface area contributed by atoms with Crippen LogP contribution in [-0.4, -0.2) is 30.9 Å². The summed E-state index contributed by atoms with van der Waals surface area (Å²) in [5.41, 5.74) is 5.51. The van der Waals surface area contributed by atoms with Gasteiger partial charge in [-0.2, -0.15) is 0 Å². The van der Waals surface area contributed by atoms with Gasteiger partial charge in [-0.3, -0.25) is 4.79 Å². The highest BCUT2D eigenvalue weighted by molar-refractivity contribution is 5.76. The van der Waals surface area contributed by atoms with Gasteiger partial charge in [0, 0.05) is 20.0 Å². The molecule has 2 N–H and O–H groups in total. The van der Waals surface area contributed by atoms with Gasteiger partial charge in [0.2, 0.25) is 5.91 Å². The Morgan fingerprint density at radius 3 is 2.69 bits per heavy atom. The maximum absolute atomic E-state index is 11.5. The van der Waals surface area contributed by atoms with Gasteiger partial charge in [0.25, 0.3) is 0 Å². The zero-order chi connectivity index (χ0) is 10.3. The van der Waals surface area contributed by atoms with E-state index in [2.05, 4.69) is 13.5 Å². The number of hydrogen-bond donors (Lipinski definition) is 1. The minimum atomic E-state index is 0.150. The molecule has 0 radical (unpaired) electrons. The molecule has 1 amide bonds. The van der Waals surface area contributed by atoms with Crippen molar-refractivity contribution >= 4 is 5.91 Å². The number of hydrogen-bond acceptors (Lipinski definition) is 2. The van der Waals surface area contributed by atoms with Crippen molar-refractivity contribution in [2.24, 2.45) is 11.7 Å². The number of nitrogens with two attached hydrogens (primary N) is 1. The highest BCUT2D eigenvalue weighted by Gasteiger charge is 2.12. The van der Waals surface area contributed by atoms with E-state index in [1.807, 2.05) is 0 Å². The molecule has 3 heteroatoms. The van der Waals surface area contributed by atoms with Crippen LogP contribution in [0.5, 0.6) is 0 Å². The fourth-order valence-corrected chi connectivity index (χ4v) is 1.09. The summed E-state index contributed by atoms with van der Waals surface area (Å²) in [7, 11) is 1.78. The lowest BCUT2D eigenvalue weighted by atomic mass is 10.0. The Balaban J connectivity index is 3.89. The summed E-state index contributed by atoms with van der Waals surface area (Å²) in [6.45, 7) is 6.84. The van der Waals surface area contributed by atoms with Crippen molar-refractivity contribution < 1.29 is 4.79 Å². The van der Waals surface area contributed by atoms with E-state index in [1.54, 1.807) is 18.0 Å². The lowest BCUT2D eigenvalue weighted by Gasteiger charge is -2.18. The minimum Gasteiger partial charge on any atom is -0.342 e. The Hall–Kier alpha value is -0.830. The van der Waals surface area contributed by atoms with Crippen LogP contribution >= 0.6 is 0 Å². The first-order valence-corrected chi connectivity index (χ1v) is 4.70. The Bertz CT molecular complexity index is 164. The van der Waals surface area contributed by atoms with Gasteiger partial charge >= 0.3 is 0 Å². The van der Waals surface area contributed by atoms with Crippen molar-refractivity contribution in [1.82, 2.24) is 4.90 Å². The number of nitrogens with zero attached hydrogens (tertiary/aromatic N) is 1. The molecule has 0 fully saturated rings. The molecule has 0 spiro atoms. The van der Waals surface area contributed by atoms with Gasteiger partial charge in [-0.15, -0.1) is 6.58 Å². The molecule has 0 heterocycles. The van der Waals surface area contributed by atoms with Crippen LogP contribution in [0.3, 0.4) is 0 Å². The third kappa shape index (κ3) is 4.68. The first-order valence-electron chi connectivity index (χ1n) is 4.70. The van der Waals surface area contributed by atoms with E-state index in [0.717, 1.165) is 6.42 Å². The van der Waals surface area contributed by atoms with Crippen LogP contribution in [0, 0.1) is 5.92 Å². The predicted octanol–water partition coefficient (Wildman–Crippen LogP) is 1.01. The van der Waals surface area contributed by atoms with Crippen LogP contribution in [0.15, 0.2) is 12.7 Å². The first kappa shape index (κ1) is 12.2. The number of carbonyl (C=O) groups is 1. The van der Waals surface area contributed by atoms with Gasteiger partial charge in [-0.1, -0.05) is 19.4 Å². The SMILES string of the molecule is C=CCN(C)C(=O)CC(CC)CN. The molecule has 13 heavy (non-hydrogen) atoms. The summed E-state index contributed by atoms with van der Waals surface area (Å²) >= 11 is 0. The van der Waals surface area contributed by atoms with Gasteiger partial charge < -0.3 is 10.6 Å². The summed E-state index contributed by atoms with van der Waals surface area (Å²) in [4.78, 5) is 13.2. The quantitative estimate of drug-likeness (QED) is 0.626. The second kappa shape index (κ2) is 6.66. The van der Waals surface area contributed by atoms with Gasteiger partial charge in [-0.05, 0) is 12.5 Å². The topological polar surface area (TPSA) is 46.3 Å². The Kier molecular flexibility index (Phi) is 6.24. The van der Waals surface area contributed by atoms with Crippen molar-refractivity contribution in [1.29, 1.82) is 0 Å². The fraction of sp³-hybridized carbons (Fsp3) is 0.700. The minimum absolute atomic E-state index is 0.150. The second-order valence-corrected chi connectivity index (χ2v) is 3.28. The Morgan fingerprint density at radius 1 is 1.69 bits per heavy atom. The Morgan fingerprint density at radius 2 is 2.31 bits per heavy atom. The van der Waals surface area contributed by atoms with Crippen LogP contribution < -0.4 is 5.73 Å². The lowest BCUT2D eigenvalue weighted by molar-refractivity contribution is -0.130. The fourth-order valence-electron chi connectivity index (χ4n) is 1.09. The highest BCUT2D eigenvalue weighted by Crippen LogP contribution is 2.07. The van der Waals surface area contributed by atoms with Gasteiger partial charge in [-0.25, -0.2) is 0 Å². The van der Waals surface area contributed by atoms with E-state index in [4.69, 9.17) is 5.73 Å². The molecular formula is C10H20N2O. The number of amides is 1. The maximum Gasteiger partial charge on any atom is 0.222 e. The van der Waals surface area contributed by atoms with E-state index in [1.165, 1.54) is 0 Å². The number of rotatable bonds is 6. The van der Waals surface area contributed by atoms with Crippen molar-refractivity contribution in [2.75, 3.05) is 20.1 Å². The largest absolute Gasteiger partial charge is 0.342 e. The molecule has 0 saturated carbocycles. The molecule has 1 unspecified atom stereocenters. The van der Waals surface area contributed by atoms with Crippen LogP contribution in [-0.2, 0) is 4.79 Å². The predicted molar refractivity (Wildman–Crippen MR) is 55.3 cm³/mol. The van der Waals surface area contributed by atoms with E-state index in [0.29, 0.717) is 25.4 Å². The molecule has 0 rings (SSSR count). The van der Waals surface area contributed by atoms with E-state index < -0.39 is 0 Å². The second-order valence-electron chi connectivity index (χ2n) is 3.28. The summed E-state index contributed by atoms with van der Waals surface area (Å²) in [6.07, 6.45) is 3.24. The van der Waals surface area contributed by atoms with E-state index >= 15 is 0 Å². The standard InChI is InChI=1S/C10H20N2O/c1-4-6-12(3)10(13)7-9(5-2)8-11/h4,9H,1,5-8,11H2,2-3H3. The van der Waals surface area contributed by atoms with Crippen LogP contribution in [0.25, 0.3) is 0 Å². The average molecular weight is 184 g/mol. The summed E-state index contributed by atoms with van der Waals surface area (Å²) in [5, 5.41) is 0. The molecule has 0 aromatic rings. The summed E-state index contributed by atoms with van der Waals surface area (Å²) < 4.78 is 0. The third-order valence-electron chi connectivity index (χ3n) is 2.20. The van der Waals surface area contributed by atoms with Crippen molar-refractivity contribution in [2.45, 2.75) is 19.8 Å². The summed E-state index contributed by atoms with van der Waals surface area (Å²) in [5.74, 6) is 0.469. The third-order valence-corrected chi connectivity index (χ3v) is 2.20. The molecular weight excluding hydrogens is 164 g/mol. The smallest absolute Gasteiger partial charge is 0.222 e. The summed E-state index contributed by atoms with van der Waals surface area (Å²) in [6, 6.07) is 0. The molecule has 0 aromatic heterocycles.